The number of nitrogens with two attached hydrogens (primary N) is 1. The number of nitrogens with zero attached hydrogens (tertiary/aromatic N) is 2. The normalized spacial score (nSPS) is 9.82. The van der Waals surface area contributed by atoms with Crippen molar-refractivity contribution in [2.75, 3.05) is 0 Å². The zero-order valence-corrected chi connectivity index (χ0v) is 11.8. The molecule has 0 aliphatic carbocycles. The van der Waals surface area contributed by atoms with Gasteiger partial charge in [-0.1, -0.05) is 28.1 Å². The third kappa shape index (κ3) is 3.49. The molecule has 3 nitrogen and oxygen atoms in total. The molecule has 1 aromatic carbocycles. The van der Waals surface area contributed by atoms with Gasteiger partial charge in [0.2, 0.25) is 0 Å². The standard InChI is InChI=1S/C12H12BrN3.ClH/c1-8-15-11(7-14)6-12(16-8)9-2-4-10(13)5-3-9;/h2-6H,7,14H2,1H3;1H. The van der Waals surface area contributed by atoms with Gasteiger partial charge in [-0.15, -0.1) is 12.4 Å². The summed E-state index contributed by atoms with van der Waals surface area (Å²) in [7, 11) is 0. The molecule has 0 saturated heterocycles. The SMILES string of the molecule is Cc1nc(CN)cc(-c2ccc(Br)cc2)n1.Cl. The maximum absolute atomic E-state index is 5.59. The smallest absolute Gasteiger partial charge is 0.126 e. The Bertz CT molecular complexity index is 500. The first kappa shape index (κ1) is 14.1. The fourth-order valence-corrected chi connectivity index (χ4v) is 1.77. The summed E-state index contributed by atoms with van der Waals surface area (Å²) in [5.74, 6) is 0.751. The van der Waals surface area contributed by atoms with E-state index in [4.69, 9.17) is 5.73 Å². The maximum Gasteiger partial charge on any atom is 0.126 e. The highest BCUT2D eigenvalue weighted by atomic mass is 79.9. The van der Waals surface area contributed by atoms with E-state index in [2.05, 4.69) is 25.9 Å². The van der Waals surface area contributed by atoms with Gasteiger partial charge in [-0.3, -0.25) is 0 Å². The van der Waals surface area contributed by atoms with Crippen LogP contribution in [0.5, 0.6) is 0 Å². The molecule has 90 valence electrons. The van der Waals surface area contributed by atoms with Crippen LogP contribution in [0.2, 0.25) is 0 Å². The lowest BCUT2D eigenvalue weighted by Crippen LogP contribution is -2.03. The molecular formula is C12H13BrClN3. The molecule has 0 spiro atoms. The van der Waals surface area contributed by atoms with E-state index in [9.17, 15) is 0 Å². The first-order valence-electron chi connectivity index (χ1n) is 4.99. The second-order valence-corrected chi connectivity index (χ2v) is 4.42. The van der Waals surface area contributed by atoms with E-state index in [-0.39, 0.29) is 12.4 Å². The molecule has 2 rings (SSSR count). The summed E-state index contributed by atoms with van der Waals surface area (Å²) in [6.07, 6.45) is 0. The first-order chi connectivity index (χ1) is 7.69. The summed E-state index contributed by atoms with van der Waals surface area (Å²) in [5.41, 5.74) is 8.45. The Balaban J connectivity index is 0.00000144. The van der Waals surface area contributed by atoms with Gasteiger partial charge in [-0.2, -0.15) is 0 Å². The van der Waals surface area contributed by atoms with Gasteiger partial charge in [-0.05, 0) is 25.1 Å². The van der Waals surface area contributed by atoms with E-state index in [1.807, 2.05) is 37.3 Å². The largest absolute Gasteiger partial charge is 0.325 e. The van der Waals surface area contributed by atoms with Crippen molar-refractivity contribution in [1.82, 2.24) is 9.97 Å². The van der Waals surface area contributed by atoms with Gasteiger partial charge in [0.1, 0.15) is 5.82 Å². The van der Waals surface area contributed by atoms with Gasteiger partial charge in [0.25, 0.3) is 0 Å². The van der Waals surface area contributed by atoms with Crippen molar-refractivity contribution in [3.05, 3.63) is 46.3 Å². The molecule has 17 heavy (non-hydrogen) atoms. The predicted octanol–water partition coefficient (Wildman–Crippen LogP) is 3.10. The first-order valence-corrected chi connectivity index (χ1v) is 5.79. The van der Waals surface area contributed by atoms with Gasteiger partial charge in [0, 0.05) is 16.6 Å². The average molecular weight is 315 g/mol. The van der Waals surface area contributed by atoms with Crippen LogP contribution in [0.1, 0.15) is 11.5 Å². The molecule has 5 heteroatoms. The van der Waals surface area contributed by atoms with Crippen LogP contribution in [0.25, 0.3) is 11.3 Å². The molecular weight excluding hydrogens is 302 g/mol. The Morgan fingerprint density at radius 1 is 1.18 bits per heavy atom. The minimum atomic E-state index is 0. The molecule has 0 aliphatic rings. The summed E-state index contributed by atoms with van der Waals surface area (Å²) in [6.45, 7) is 2.31. The van der Waals surface area contributed by atoms with Crippen LogP contribution in [0, 0.1) is 6.92 Å². The van der Waals surface area contributed by atoms with Gasteiger partial charge < -0.3 is 5.73 Å². The van der Waals surface area contributed by atoms with Crippen molar-refractivity contribution in [2.24, 2.45) is 5.73 Å². The minimum Gasteiger partial charge on any atom is -0.325 e. The molecule has 0 fully saturated rings. The van der Waals surface area contributed by atoms with Crippen molar-refractivity contribution >= 4 is 28.3 Å². The van der Waals surface area contributed by atoms with E-state index in [1.165, 1.54) is 0 Å². The second kappa shape index (κ2) is 6.10. The molecule has 1 heterocycles. The topological polar surface area (TPSA) is 51.8 Å². The number of rotatable bonds is 2. The summed E-state index contributed by atoms with van der Waals surface area (Å²) < 4.78 is 1.06. The van der Waals surface area contributed by atoms with Crippen molar-refractivity contribution in [3.8, 4) is 11.3 Å². The molecule has 0 bridgehead atoms. The fraction of sp³-hybridized carbons (Fsp3) is 0.167. The van der Waals surface area contributed by atoms with E-state index in [0.717, 1.165) is 27.2 Å². The molecule has 2 aromatic rings. The Labute approximate surface area is 115 Å². The molecule has 2 N–H and O–H groups in total. The maximum atomic E-state index is 5.59. The van der Waals surface area contributed by atoms with E-state index >= 15 is 0 Å². The van der Waals surface area contributed by atoms with Gasteiger partial charge in [-0.25, -0.2) is 9.97 Å². The summed E-state index contributed by atoms with van der Waals surface area (Å²) in [5, 5.41) is 0. The van der Waals surface area contributed by atoms with Crippen LogP contribution in [-0.2, 0) is 6.54 Å². The average Bonchev–Trinajstić information content (AvgIpc) is 2.29. The third-order valence-corrected chi connectivity index (χ3v) is 2.77. The Morgan fingerprint density at radius 3 is 2.41 bits per heavy atom. The lowest BCUT2D eigenvalue weighted by Gasteiger charge is -2.04. The molecule has 0 radical (unpaired) electrons. The zero-order chi connectivity index (χ0) is 11.5. The van der Waals surface area contributed by atoms with Crippen LogP contribution >= 0.6 is 28.3 Å². The van der Waals surface area contributed by atoms with E-state index in [0.29, 0.717) is 6.54 Å². The summed E-state index contributed by atoms with van der Waals surface area (Å²) >= 11 is 3.41. The highest BCUT2D eigenvalue weighted by Gasteiger charge is 2.03. The van der Waals surface area contributed by atoms with Crippen molar-refractivity contribution in [3.63, 3.8) is 0 Å². The molecule has 0 amide bonds. The van der Waals surface area contributed by atoms with Crippen molar-refractivity contribution in [1.29, 1.82) is 0 Å². The van der Waals surface area contributed by atoms with Crippen LogP contribution in [0.4, 0.5) is 0 Å². The predicted molar refractivity (Wildman–Crippen MR) is 75.0 cm³/mol. The molecule has 0 atom stereocenters. The van der Waals surface area contributed by atoms with Crippen LogP contribution in [-0.4, -0.2) is 9.97 Å². The number of benzene rings is 1. The quantitative estimate of drug-likeness (QED) is 0.926. The zero-order valence-electron chi connectivity index (χ0n) is 9.35. The number of halogens is 2. The lowest BCUT2D eigenvalue weighted by atomic mass is 10.1. The molecule has 0 aliphatic heterocycles. The summed E-state index contributed by atoms with van der Waals surface area (Å²) in [6, 6.07) is 9.96. The van der Waals surface area contributed by atoms with Crippen LogP contribution < -0.4 is 5.73 Å². The van der Waals surface area contributed by atoms with E-state index in [1.54, 1.807) is 0 Å². The van der Waals surface area contributed by atoms with Gasteiger partial charge in [0.15, 0.2) is 0 Å². The highest BCUT2D eigenvalue weighted by Crippen LogP contribution is 2.20. The van der Waals surface area contributed by atoms with Crippen LogP contribution in [0.3, 0.4) is 0 Å². The highest BCUT2D eigenvalue weighted by molar-refractivity contribution is 9.10. The van der Waals surface area contributed by atoms with Crippen molar-refractivity contribution < 1.29 is 0 Å². The number of aryl methyl sites for hydroxylation is 1. The molecule has 1 aromatic heterocycles. The number of aromatic nitrogens is 2. The molecule has 0 saturated carbocycles. The Hall–Kier alpha value is -0.970. The Kier molecular flexibility index (Phi) is 5.05. The Morgan fingerprint density at radius 2 is 1.82 bits per heavy atom. The third-order valence-electron chi connectivity index (χ3n) is 2.24. The monoisotopic (exact) mass is 313 g/mol. The van der Waals surface area contributed by atoms with Gasteiger partial charge >= 0.3 is 0 Å². The number of hydrogen-bond acceptors (Lipinski definition) is 3. The van der Waals surface area contributed by atoms with Gasteiger partial charge in [0.05, 0.1) is 11.4 Å². The molecule has 0 unspecified atom stereocenters. The van der Waals surface area contributed by atoms with E-state index < -0.39 is 0 Å². The summed E-state index contributed by atoms with van der Waals surface area (Å²) in [4.78, 5) is 8.65. The lowest BCUT2D eigenvalue weighted by molar-refractivity contribution is 0.929. The minimum absolute atomic E-state index is 0. The van der Waals surface area contributed by atoms with Crippen LogP contribution in [0.15, 0.2) is 34.8 Å². The fourth-order valence-electron chi connectivity index (χ4n) is 1.50. The second-order valence-electron chi connectivity index (χ2n) is 3.50. The number of hydrogen-bond donors (Lipinski definition) is 1. The van der Waals surface area contributed by atoms with Crippen molar-refractivity contribution in [2.45, 2.75) is 13.5 Å².